The quantitative estimate of drug-likeness (QED) is 0.485. The molecule has 0 unspecified atom stereocenters. The Morgan fingerprint density at radius 2 is 2.03 bits per heavy atom. The minimum Gasteiger partial charge on any atom is -0.489 e. The Morgan fingerprint density at radius 3 is 2.83 bits per heavy atom. The average Bonchev–Trinajstić information content (AvgIpc) is 3.07. The summed E-state index contributed by atoms with van der Waals surface area (Å²) in [4.78, 5) is 28.2. The molecule has 6 heteroatoms. The van der Waals surface area contributed by atoms with Gasteiger partial charge in [0.15, 0.2) is 5.76 Å². The van der Waals surface area contributed by atoms with E-state index in [1.54, 1.807) is 60.9 Å². The number of carbonyl (C=O) groups excluding carboxylic acids is 2. The number of carbonyl (C=O) groups is 2. The highest BCUT2D eigenvalue weighted by Crippen LogP contribution is 2.35. The molecule has 2 aromatic carbocycles. The summed E-state index contributed by atoms with van der Waals surface area (Å²) in [5.41, 5.74) is 2.55. The van der Waals surface area contributed by atoms with Crippen LogP contribution in [0.4, 0.5) is 0 Å². The molecule has 3 aromatic rings. The second-order valence-corrected chi connectivity index (χ2v) is 6.36. The predicted molar refractivity (Wildman–Crippen MR) is 106 cm³/mol. The maximum absolute atomic E-state index is 12.5. The van der Waals surface area contributed by atoms with Gasteiger partial charge in [0, 0.05) is 18.5 Å². The molecule has 144 valence electrons. The normalized spacial score (nSPS) is 13.7. The Labute approximate surface area is 167 Å². The summed E-state index contributed by atoms with van der Waals surface area (Å²) in [5, 5.41) is 0. The van der Waals surface area contributed by atoms with E-state index in [4.69, 9.17) is 14.2 Å². The van der Waals surface area contributed by atoms with Gasteiger partial charge in [0.25, 0.3) is 0 Å². The van der Waals surface area contributed by atoms with E-state index in [0.29, 0.717) is 22.6 Å². The highest BCUT2D eigenvalue weighted by molar-refractivity contribution is 6.14. The van der Waals surface area contributed by atoms with Gasteiger partial charge in [0.1, 0.15) is 18.1 Å². The highest BCUT2D eigenvalue weighted by Gasteiger charge is 2.27. The summed E-state index contributed by atoms with van der Waals surface area (Å²) in [6, 6.07) is 15.7. The Hall–Kier alpha value is -3.93. The van der Waals surface area contributed by atoms with Crippen LogP contribution in [0, 0.1) is 0 Å². The number of methoxy groups -OCH3 is 1. The van der Waals surface area contributed by atoms with Gasteiger partial charge >= 0.3 is 5.97 Å². The molecule has 0 radical (unpaired) electrons. The zero-order valence-electron chi connectivity index (χ0n) is 15.6. The summed E-state index contributed by atoms with van der Waals surface area (Å²) in [6.45, 7) is 0.260. The fraction of sp³-hybridized carbons (Fsp3) is 0.0870. The van der Waals surface area contributed by atoms with Gasteiger partial charge in [-0.2, -0.15) is 0 Å². The molecule has 0 N–H and O–H groups in total. The second-order valence-electron chi connectivity index (χ2n) is 6.36. The molecular formula is C23H17NO5. The number of benzene rings is 2. The number of Topliss-reactive ketones (excluding diaryl/α,β-unsaturated/α-hetero) is 1. The first kappa shape index (κ1) is 18.4. The predicted octanol–water partition coefficient (Wildman–Crippen LogP) is 4.06. The van der Waals surface area contributed by atoms with Crippen molar-refractivity contribution in [3.8, 4) is 11.5 Å². The number of ether oxygens (including phenoxy) is 3. The fourth-order valence-corrected chi connectivity index (χ4v) is 2.94. The lowest BCUT2D eigenvalue weighted by Crippen LogP contribution is -2.03. The van der Waals surface area contributed by atoms with E-state index < -0.39 is 5.97 Å². The van der Waals surface area contributed by atoms with Crippen molar-refractivity contribution < 1.29 is 23.8 Å². The molecular weight excluding hydrogens is 370 g/mol. The van der Waals surface area contributed by atoms with Gasteiger partial charge in [0.05, 0.1) is 18.2 Å². The Balaban J connectivity index is 1.48. The Kier molecular flexibility index (Phi) is 5.07. The summed E-state index contributed by atoms with van der Waals surface area (Å²) < 4.78 is 16.3. The van der Waals surface area contributed by atoms with Gasteiger partial charge in [-0.25, -0.2) is 4.79 Å². The lowest BCUT2D eigenvalue weighted by Gasteiger charge is -2.08. The maximum atomic E-state index is 12.5. The van der Waals surface area contributed by atoms with Crippen LogP contribution >= 0.6 is 0 Å². The van der Waals surface area contributed by atoms with Crippen molar-refractivity contribution >= 4 is 17.8 Å². The molecule has 0 saturated heterocycles. The highest BCUT2D eigenvalue weighted by atomic mass is 16.5. The molecule has 6 nitrogen and oxygen atoms in total. The number of nitrogens with zero attached hydrogens (tertiary/aromatic N) is 1. The van der Waals surface area contributed by atoms with E-state index in [1.807, 2.05) is 12.1 Å². The zero-order chi connectivity index (χ0) is 20.2. The number of aromatic nitrogens is 1. The molecule has 0 bridgehead atoms. The fourth-order valence-electron chi connectivity index (χ4n) is 2.94. The first-order chi connectivity index (χ1) is 14.1. The Bertz CT molecular complexity index is 1110. The Morgan fingerprint density at radius 1 is 1.14 bits per heavy atom. The molecule has 1 aromatic heterocycles. The van der Waals surface area contributed by atoms with Crippen LogP contribution in [0.1, 0.15) is 31.8 Å². The molecule has 1 aliphatic heterocycles. The molecule has 4 rings (SSSR count). The molecule has 0 fully saturated rings. The van der Waals surface area contributed by atoms with Crippen molar-refractivity contribution in [2.24, 2.45) is 0 Å². The monoisotopic (exact) mass is 387 g/mol. The molecule has 0 aliphatic carbocycles. The number of allylic oxidation sites excluding steroid dienone is 1. The molecule has 0 amide bonds. The van der Waals surface area contributed by atoms with E-state index >= 15 is 0 Å². The standard InChI is InChI=1S/C23H17NO5/c1-27-23(26)17-6-2-4-16(10-17)14-28-18-7-8-19-20(12-18)29-21(22(19)25)11-15-5-3-9-24-13-15/h2-13H,14H2,1H3/b21-11-. The van der Waals surface area contributed by atoms with E-state index in [0.717, 1.165) is 11.1 Å². The van der Waals surface area contributed by atoms with Gasteiger partial charge in [0.2, 0.25) is 5.78 Å². The SMILES string of the molecule is COC(=O)c1cccc(COc2ccc3c(c2)O/C(=C\c2cccnc2)C3=O)c1. The van der Waals surface area contributed by atoms with E-state index in [-0.39, 0.29) is 18.1 Å². The van der Waals surface area contributed by atoms with Crippen LogP contribution in [0.5, 0.6) is 11.5 Å². The number of hydrogen-bond acceptors (Lipinski definition) is 6. The van der Waals surface area contributed by atoms with Crippen molar-refractivity contribution in [1.82, 2.24) is 4.98 Å². The van der Waals surface area contributed by atoms with Gasteiger partial charge in [-0.05, 0) is 47.5 Å². The average molecular weight is 387 g/mol. The van der Waals surface area contributed by atoms with E-state index in [1.165, 1.54) is 7.11 Å². The molecule has 0 saturated carbocycles. The third-order valence-electron chi connectivity index (χ3n) is 4.38. The van der Waals surface area contributed by atoms with Gasteiger partial charge in [-0.1, -0.05) is 18.2 Å². The minimum absolute atomic E-state index is 0.179. The molecule has 1 aliphatic rings. The van der Waals surface area contributed by atoms with Crippen LogP contribution in [-0.2, 0) is 11.3 Å². The topological polar surface area (TPSA) is 74.7 Å². The third kappa shape index (κ3) is 4.01. The molecule has 29 heavy (non-hydrogen) atoms. The van der Waals surface area contributed by atoms with Crippen LogP contribution in [0.15, 0.2) is 72.8 Å². The lowest BCUT2D eigenvalue weighted by atomic mass is 10.1. The lowest BCUT2D eigenvalue weighted by molar-refractivity contribution is 0.0600. The molecule has 0 spiro atoms. The zero-order valence-corrected chi connectivity index (χ0v) is 15.6. The number of esters is 1. The number of ketones is 1. The maximum Gasteiger partial charge on any atom is 0.337 e. The minimum atomic E-state index is -0.399. The third-order valence-corrected chi connectivity index (χ3v) is 4.38. The number of pyridine rings is 1. The van der Waals surface area contributed by atoms with Crippen LogP contribution in [0.3, 0.4) is 0 Å². The first-order valence-corrected chi connectivity index (χ1v) is 8.92. The van der Waals surface area contributed by atoms with Crippen molar-refractivity contribution in [3.63, 3.8) is 0 Å². The van der Waals surface area contributed by atoms with Gasteiger partial charge in [-0.3, -0.25) is 9.78 Å². The first-order valence-electron chi connectivity index (χ1n) is 8.92. The second kappa shape index (κ2) is 7.98. The van der Waals surface area contributed by atoms with Gasteiger partial charge < -0.3 is 14.2 Å². The number of fused-ring (bicyclic) bond motifs is 1. The summed E-state index contributed by atoms with van der Waals surface area (Å²) in [7, 11) is 1.34. The number of rotatable bonds is 5. The summed E-state index contributed by atoms with van der Waals surface area (Å²) in [5.74, 6) is 0.676. The van der Waals surface area contributed by atoms with Crippen molar-refractivity contribution in [3.05, 3.63) is 95.0 Å². The van der Waals surface area contributed by atoms with Crippen LogP contribution in [0.2, 0.25) is 0 Å². The largest absolute Gasteiger partial charge is 0.489 e. The van der Waals surface area contributed by atoms with Crippen molar-refractivity contribution in [2.75, 3.05) is 7.11 Å². The van der Waals surface area contributed by atoms with Crippen LogP contribution in [-0.4, -0.2) is 23.8 Å². The summed E-state index contributed by atoms with van der Waals surface area (Å²) >= 11 is 0. The van der Waals surface area contributed by atoms with Crippen molar-refractivity contribution in [2.45, 2.75) is 6.61 Å². The smallest absolute Gasteiger partial charge is 0.337 e. The molecule has 0 atom stereocenters. The molecule has 2 heterocycles. The van der Waals surface area contributed by atoms with Gasteiger partial charge in [-0.15, -0.1) is 0 Å². The summed E-state index contributed by atoms with van der Waals surface area (Å²) in [6.07, 6.45) is 4.98. The van der Waals surface area contributed by atoms with Crippen LogP contribution in [0.25, 0.3) is 6.08 Å². The van der Waals surface area contributed by atoms with E-state index in [2.05, 4.69) is 4.98 Å². The van der Waals surface area contributed by atoms with E-state index in [9.17, 15) is 9.59 Å². The van der Waals surface area contributed by atoms with Crippen LogP contribution < -0.4 is 9.47 Å². The number of hydrogen-bond donors (Lipinski definition) is 0. The van der Waals surface area contributed by atoms with Crippen molar-refractivity contribution in [1.29, 1.82) is 0 Å².